The van der Waals surface area contributed by atoms with Gasteiger partial charge in [-0.3, -0.25) is 4.98 Å². The first kappa shape index (κ1) is 19.4. The van der Waals surface area contributed by atoms with Crippen LogP contribution in [0.25, 0.3) is 55.9 Å². The van der Waals surface area contributed by atoms with E-state index in [1.807, 2.05) is 0 Å². The van der Waals surface area contributed by atoms with Gasteiger partial charge in [0.1, 0.15) is 0 Å². The second-order valence-corrected chi connectivity index (χ2v) is 12.3. The molecule has 0 spiro atoms. The first-order valence-corrected chi connectivity index (χ1v) is 16.4. The van der Waals surface area contributed by atoms with Crippen molar-refractivity contribution in [3.05, 3.63) is 149 Å². The molecule has 0 aliphatic heterocycles. The molecule has 52 heavy (non-hydrogen) atoms. The summed E-state index contributed by atoms with van der Waals surface area (Å²) in [5, 5.41) is 0. The molecule has 5 heteroatoms. The van der Waals surface area contributed by atoms with Gasteiger partial charge in [0.2, 0.25) is 0 Å². The molecule has 0 amide bonds. The summed E-state index contributed by atoms with van der Waals surface area (Å²) in [7, 11) is 0. The number of aryl methyl sites for hydroxylation is 6. The molecule has 0 N–H and O–H groups in total. The van der Waals surface area contributed by atoms with E-state index in [4.69, 9.17) is 31.8 Å². The van der Waals surface area contributed by atoms with Gasteiger partial charge in [-0.25, -0.2) is 0 Å². The van der Waals surface area contributed by atoms with Crippen LogP contribution in [0.4, 0.5) is 0 Å². The average Bonchev–Trinajstić information content (AvgIpc) is 4.00. The van der Waals surface area contributed by atoms with Gasteiger partial charge in [-0.1, -0.05) is 98.8 Å². The first-order valence-electron chi connectivity index (χ1n) is 26.4. The molecule has 1 radical (unpaired) electrons. The number of pyridine rings is 2. The fourth-order valence-corrected chi connectivity index (χ4v) is 6.18. The van der Waals surface area contributed by atoms with E-state index in [9.17, 15) is 0 Å². The molecule has 0 atom stereocenters. The van der Waals surface area contributed by atoms with Crippen molar-refractivity contribution >= 4 is 11.1 Å². The number of nitrogens with zero attached hydrogens (tertiary/aromatic N) is 3. The van der Waals surface area contributed by atoms with E-state index < -0.39 is 53.4 Å². The van der Waals surface area contributed by atoms with E-state index >= 15 is 0 Å². The number of benzene rings is 4. The van der Waals surface area contributed by atoms with Gasteiger partial charge in [-0.05, 0) is 101 Å². The zero-order valence-corrected chi connectivity index (χ0v) is 30.1. The molecule has 0 bridgehead atoms. The Kier molecular flexibility index (Phi) is 6.09. The number of hydrogen-bond acceptors (Lipinski definition) is 4. The fraction of sp³-hybridized carbons (Fsp3) is 0.255. The zero-order valence-electron chi connectivity index (χ0n) is 47.7. The molecule has 4 nitrogen and oxygen atoms in total. The molecular weight excluding hydrogens is 815 g/mol. The van der Waals surface area contributed by atoms with E-state index in [0.29, 0.717) is 24.1 Å². The van der Waals surface area contributed by atoms with Crippen molar-refractivity contribution in [2.45, 2.75) is 73.2 Å². The second-order valence-electron chi connectivity index (χ2n) is 12.3. The zero-order chi connectivity index (χ0) is 52.3. The summed E-state index contributed by atoms with van der Waals surface area (Å²) in [6.07, 6.45) is 3.86. The summed E-state index contributed by atoms with van der Waals surface area (Å²) in [6, 6.07) is 26.4. The Morgan fingerprint density at radius 2 is 1.54 bits per heavy atom. The van der Waals surface area contributed by atoms with Gasteiger partial charge in [-0.2, -0.15) is 0 Å². The molecule has 1 aliphatic carbocycles. The Labute approximate surface area is 350 Å². The van der Waals surface area contributed by atoms with Gasteiger partial charge in [-0.15, -0.1) is 47.5 Å². The van der Waals surface area contributed by atoms with E-state index in [1.54, 1.807) is 18.2 Å². The second kappa shape index (κ2) is 16.3. The smallest absolute Gasteiger partial charge is 0.180 e. The standard InChI is InChI=1S/C34H33N2O.C13H12N.Ir/c1-21-16-26(18-25-8-5-6-9-25)12-14-28(21)27-13-15-29(22(2)17-27)31-19-32(35-20-23(31)3)30-10-7-11-33-34(30)36-24(4)37-33;1-10-3-6-12(7-4-10)13-8-5-11(2)9-14-13;/h7,11-17,19-20,25H,5-6,8-9,18H2,1-4H3;3-6,8-9H,1-2H3;/q2*-1;/i1D3,2D3,3D3,4D3,18D2;1D3,2D3;. The van der Waals surface area contributed by atoms with Gasteiger partial charge in [0.25, 0.3) is 0 Å². The molecule has 1 saturated carbocycles. The van der Waals surface area contributed by atoms with Crippen LogP contribution in [0.5, 0.6) is 0 Å². The summed E-state index contributed by atoms with van der Waals surface area (Å²) in [5.41, 5.74) is 2.24. The largest absolute Gasteiger partial charge is 0.461 e. The Balaban J connectivity index is 0.000000338. The predicted molar refractivity (Wildman–Crippen MR) is 210 cm³/mol. The number of rotatable bonds is 6. The number of fused-ring (bicyclic) bond motifs is 1. The van der Waals surface area contributed by atoms with E-state index in [2.05, 4.69) is 27.1 Å². The third-order valence-electron chi connectivity index (χ3n) is 8.73. The number of hydrogen-bond donors (Lipinski definition) is 0. The molecule has 7 aromatic rings. The maximum atomic E-state index is 8.82. The third kappa shape index (κ3) is 8.33. The van der Waals surface area contributed by atoms with E-state index in [0.717, 1.165) is 19.0 Å². The van der Waals surface area contributed by atoms with Gasteiger partial charge < -0.3 is 14.4 Å². The minimum atomic E-state index is -2.80. The van der Waals surface area contributed by atoms with Crippen LogP contribution in [0.2, 0.25) is 0 Å². The Bertz CT molecular complexity index is 2980. The molecule has 0 saturated heterocycles. The van der Waals surface area contributed by atoms with Gasteiger partial charge in [0, 0.05) is 72.3 Å². The molecule has 3 heterocycles. The molecular formula is C47H45IrN3O-2. The van der Waals surface area contributed by atoms with Crippen LogP contribution in [0, 0.1) is 59.2 Å². The monoisotopic (exact) mass is 880 g/mol. The quantitative estimate of drug-likeness (QED) is 0.156. The molecule has 4 aromatic carbocycles. The summed E-state index contributed by atoms with van der Waals surface area (Å²) in [4.78, 5) is 12.5. The molecule has 8 rings (SSSR count). The molecule has 1 aliphatic rings. The van der Waals surface area contributed by atoms with Gasteiger partial charge in [0.05, 0.1) is 5.58 Å². The number of aromatic nitrogens is 3. The molecule has 265 valence electrons. The van der Waals surface area contributed by atoms with Crippen LogP contribution in [0.15, 0.2) is 102 Å². The van der Waals surface area contributed by atoms with Crippen LogP contribution in [0.1, 0.15) is 92.4 Å². The third-order valence-corrected chi connectivity index (χ3v) is 8.73. The SMILES string of the molecule is [2H]C([2H])([2H])c1c[c-]c(-c2ccc(C([2H])([2H])[2H])cn2)cc1.[2H]C([2H])([2H])c1nc2c(-c3cc(-c4ccc(-c5ccc(C([2H])([2H])C6CCCC6)cc5C([2H])([2H])[2H])cc4C([2H])([2H])[2H])c(C([2H])([2H])[2H])cn3)[c-]ccc2o1.[Ir]. The van der Waals surface area contributed by atoms with Crippen molar-refractivity contribution in [3.63, 3.8) is 0 Å². The predicted octanol–water partition coefficient (Wildman–Crippen LogP) is 12.2. The van der Waals surface area contributed by atoms with Gasteiger partial charge >= 0.3 is 0 Å². The van der Waals surface area contributed by atoms with Crippen LogP contribution in [-0.2, 0) is 26.5 Å². The van der Waals surface area contributed by atoms with E-state index in [1.165, 1.54) is 72.9 Å². The fourth-order valence-electron chi connectivity index (χ4n) is 6.18. The Morgan fingerprint density at radius 1 is 0.731 bits per heavy atom. The van der Waals surface area contributed by atoms with Crippen molar-refractivity contribution in [1.29, 1.82) is 0 Å². The maximum absolute atomic E-state index is 8.82. The Morgan fingerprint density at radius 3 is 2.29 bits per heavy atom. The average molecular weight is 880 g/mol. The van der Waals surface area contributed by atoms with Crippen molar-refractivity contribution in [2.75, 3.05) is 0 Å². The van der Waals surface area contributed by atoms with Crippen molar-refractivity contribution in [2.24, 2.45) is 5.92 Å². The minimum Gasteiger partial charge on any atom is -0.461 e. The summed E-state index contributed by atoms with van der Waals surface area (Å²) < 4.78 is 165. The first-order chi connectivity index (χ1) is 32.7. The minimum absolute atomic E-state index is 0. The van der Waals surface area contributed by atoms with Crippen LogP contribution < -0.4 is 0 Å². The summed E-state index contributed by atoms with van der Waals surface area (Å²) in [5.74, 6) is -0.749. The van der Waals surface area contributed by atoms with Crippen molar-refractivity contribution < 1.29 is 51.9 Å². The molecule has 3 aromatic heterocycles. The summed E-state index contributed by atoms with van der Waals surface area (Å²) >= 11 is 0. The van der Waals surface area contributed by atoms with E-state index in [-0.39, 0.29) is 104 Å². The van der Waals surface area contributed by atoms with Crippen molar-refractivity contribution in [1.82, 2.24) is 15.0 Å². The Hall–Kier alpha value is -4.70. The summed E-state index contributed by atoms with van der Waals surface area (Å²) in [6.45, 7) is -15.2. The van der Waals surface area contributed by atoms with Crippen LogP contribution in [0.3, 0.4) is 0 Å². The van der Waals surface area contributed by atoms with Crippen LogP contribution in [-0.4, -0.2) is 15.0 Å². The van der Waals surface area contributed by atoms with Gasteiger partial charge in [0.15, 0.2) is 5.89 Å². The number of oxazole rings is 1. The molecule has 1 fully saturated rings. The normalized spacial score (nSPS) is 20.2. The van der Waals surface area contributed by atoms with Crippen molar-refractivity contribution in [3.8, 4) is 44.8 Å². The molecule has 0 unspecified atom stereocenters. The topological polar surface area (TPSA) is 51.8 Å². The van der Waals surface area contributed by atoms with Crippen LogP contribution >= 0.6 is 0 Å². The maximum Gasteiger partial charge on any atom is 0.180 e.